The minimum Gasteiger partial charge on any atom is -0.381 e. The average molecular weight is 338 g/mol. The molecule has 2 saturated carbocycles. The maximum Gasteiger partial charge on any atom is 0.221 e. The third kappa shape index (κ3) is 8.52. The number of hydrogen-bond donors (Lipinski definition) is 3. The van der Waals surface area contributed by atoms with Gasteiger partial charge in [0.05, 0.1) is 0 Å². The van der Waals surface area contributed by atoms with Crippen molar-refractivity contribution in [3.8, 4) is 0 Å². The lowest BCUT2D eigenvalue weighted by atomic mass is 10.2. The lowest BCUT2D eigenvalue weighted by Crippen LogP contribution is -2.40. The van der Waals surface area contributed by atoms with E-state index < -0.39 is 0 Å². The van der Waals surface area contributed by atoms with Gasteiger partial charge in [-0.3, -0.25) is 9.79 Å². The molecule has 0 unspecified atom stereocenters. The lowest BCUT2D eigenvalue weighted by molar-refractivity contribution is -0.121. The summed E-state index contributed by atoms with van der Waals surface area (Å²) in [6, 6.07) is 0.398. The van der Waals surface area contributed by atoms with Crippen LogP contribution in [0.1, 0.15) is 58.3 Å². The predicted molar refractivity (Wildman–Crippen MR) is 97.2 cm³/mol. The maximum atomic E-state index is 11.9. The van der Waals surface area contributed by atoms with Crippen LogP contribution in [0.15, 0.2) is 4.99 Å². The van der Waals surface area contributed by atoms with Gasteiger partial charge in [0.25, 0.3) is 0 Å². The molecule has 2 aliphatic rings. The van der Waals surface area contributed by atoms with Crippen molar-refractivity contribution in [3.63, 3.8) is 0 Å². The second kappa shape index (κ2) is 11.3. The molecule has 3 N–H and O–H groups in total. The highest BCUT2D eigenvalue weighted by atomic mass is 16.5. The number of hydrogen-bond acceptors (Lipinski definition) is 3. The first-order chi connectivity index (χ1) is 11.8. The molecular weight excluding hydrogens is 304 g/mol. The molecule has 2 aliphatic carbocycles. The standard InChI is InChI=1S/C18H34N4O2/c1-2-19-18(20-11-5-13-24-14-15-8-9-15)21-12-10-17(23)22-16-6-3-4-7-16/h15-16H,2-14H2,1H3,(H,22,23)(H2,19,20,21). The monoisotopic (exact) mass is 338 g/mol. The second-order valence-corrected chi connectivity index (χ2v) is 6.86. The van der Waals surface area contributed by atoms with E-state index in [4.69, 9.17) is 4.74 Å². The fourth-order valence-electron chi connectivity index (χ4n) is 2.90. The molecule has 1 amide bonds. The molecule has 6 nitrogen and oxygen atoms in total. The summed E-state index contributed by atoms with van der Waals surface area (Å²) in [4.78, 5) is 16.4. The summed E-state index contributed by atoms with van der Waals surface area (Å²) in [5, 5.41) is 9.56. The van der Waals surface area contributed by atoms with Gasteiger partial charge in [0.15, 0.2) is 5.96 Å². The molecule has 0 aromatic carbocycles. The molecule has 2 fully saturated rings. The zero-order valence-electron chi connectivity index (χ0n) is 15.1. The Morgan fingerprint density at radius 1 is 1.17 bits per heavy atom. The van der Waals surface area contributed by atoms with E-state index in [0.717, 1.165) is 57.4 Å². The molecule has 0 radical (unpaired) electrons. The Kier molecular flexibility index (Phi) is 8.95. The van der Waals surface area contributed by atoms with Crippen LogP contribution < -0.4 is 16.0 Å². The molecule has 0 aromatic rings. The quantitative estimate of drug-likeness (QED) is 0.305. The Hall–Kier alpha value is -1.30. The number of rotatable bonds is 11. The Morgan fingerprint density at radius 3 is 2.67 bits per heavy atom. The summed E-state index contributed by atoms with van der Waals surface area (Å²) in [5.41, 5.74) is 0. The van der Waals surface area contributed by atoms with Crippen LogP contribution in [-0.2, 0) is 9.53 Å². The molecule has 6 heteroatoms. The van der Waals surface area contributed by atoms with E-state index >= 15 is 0 Å². The van der Waals surface area contributed by atoms with Crippen molar-refractivity contribution in [3.05, 3.63) is 0 Å². The van der Waals surface area contributed by atoms with Crippen molar-refractivity contribution in [1.29, 1.82) is 0 Å². The van der Waals surface area contributed by atoms with Crippen molar-refractivity contribution < 1.29 is 9.53 Å². The van der Waals surface area contributed by atoms with Crippen LogP contribution in [-0.4, -0.2) is 50.8 Å². The Morgan fingerprint density at radius 2 is 1.96 bits per heavy atom. The molecule has 24 heavy (non-hydrogen) atoms. The van der Waals surface area contributed by atoms with Crippen molar-refractivity contribution >= 4 is 11.9 Å². The Labute approximate surface area is 146 Å². The van der Waals surface area contributed by atoms with E-state index in [9.17, 15) is 4.79 Å². The van der Waals surface area contributed by atoms with Crippen molar-refractivity contribution in [1.82, 2.24) is 16.0 Å². The third-order valence-corrected chi connectivity index (χ3v) is 4.48. The summed E-state index contributed by atoms with van der Waals surface area (Å²) >= 11 is 0. The van der Waals surface area contributed by atoms with E-state index in [-0.39, 0.29) is 5.91 Å². The molecule has 0 heterocycles. The van der Waals surface area contributed by atoms with Crippen molar-refractivity contribution in [2.45, 2.75) is 64.3 Å². The summed E-state index contributed by atoms with van der Waals surface area (Å²) in [6.07, 6.45) is 8.84. The fourth-order valence-corrected chi connectivity index (χ4v) is 2.90. The van der Waals surface area contributed by atoms with Gasteiger partial charge in [-0.05, 0) is 44.9 Å². The average Bonchev–Trinajstić information content (AvgIpc) is 3.25. The van der Waals surface area contributed by atoms with Gasteiger partial charge in [-0.15, -0.1) is 0 Å². The van der Waals surface area contributed by atoms with Crippen molar-refractivity contribution in [2.75, 3.05) is 32.8 Å². The van der Waals surface area contributed by atoms with Crippen molar-refractivity contribution in [2.24, 2.45) is 10.9 Å². The number of ether oxygens (including phenoxy) is 1. The van der Waals surface area contributed by atoms with Crippen LogP contribution in [0.4, 0.5) is 0 Å². The van der Waals surface area contributed by atoms with Gasteiger partial charge >= 0.3 is 0 Å². The summed E-state index contributed by atoms with van der Waals surface area (Å²) < 4.78 is 5.61. The minimum absolute atomic E-state index is 0.138. The summed E-state index contributed by atoms with van der Waals surface area (Å²) in [6.45, 7) is 5.92. The number of nitrogens with zero attached hydrogens (tertiary/aromatic N) is 1. The zero-order chi connectivity index (χ0) is 17.0. The topological polar surface area (TPSA) is 74.8 Å². The van der Waals surface area contributed by atoms with Crippen LogP contribution in [0.2, 0.25) is 0 Å². The Balaban J connectivity index is 1.53. The first-order valence-corrected chi connectivity index (χ1v) is 9.67. The molecule has 0 atom stereocenters. The molecule has 0 bridgehead atoms. The number of guanidine groups is 1. The summed E-state index contributed by atoms with van der Waals surface area (Å²) in [7, 11) is 0. The number of aliphatic imine (C=N–C) groups is 1. The van der Waals surface area contributed by atoms with E-state index in [1.54, 1.807) is 0 Å². The first-order valence-electron chi connectivity index (χ1n) is 9.67. The smallest absolute Gasteiger partial charge is 0.221 e. The molecule has 0 aromatic heterocycles. The molecule has 0 saturated heterocycles. The second-order valence-electron chi connectivity index (χ2n) is 6.86. The highest BCUT2D eigenvalue weighted by Gasteiger charge is 2.20. The van der Waals surface area contributed by atoms with Gasteiger partial charge < -0.3 is 20.7 Å². The van der Waals surface area contributed by atoms with Gasteiger partial charge in [-0.1, -0.05) is 12.8 Å². The van der Waals surface area contributed by atoms with E-state index in [2.05, 4.69) is 20.9 Å². The van der Waals surface area contributed by atoms with E-state index in [1.807, 2.05) is 6.92 Å². The highest BCUT2D eigenvalue weighted by molar-refractivity contribution is 5.81. The van der Waals surface area contributed by atoms with Crippen LogP contribution in [0, 0.1) is 5.92 Å². The highest BCUT2D eigenvalue weighted by Crippen LogP contribution is 2.28. The molecular formula is C18H34N4O2. The molecule has 0 aliphatic heterocycles. The minimum atomic E-state index is 0.138. The number of amides is 1. The summed E-state index contributed by atoms with van der Waals surface area (Å²) in [5.74, 6) is 1.75. The van der Waals surface area contributed by atoms with Gasteiger partial charge in [-0.25, -0.2) is 0 Å². The van der Waals surface area contributed by atoms with Crippen LogP contribution in [0.5, 0.6) is 0 Å². The van der Waals surface area contributed by atoms with Gasteiger partial charge in [-0.2, -0.15) is 0 Å². The first kappa shape index (κ1) is 19.0. The molecule has 0 spiro atoms. The lowest BCUT2D eigenvalue weighted by Gasteiger charge is -2.13. The van der Waals surface area contributed by atoms with Gasteiger partial charge in [0.2, 0.25) is 5.91 Å². The van der Waals surface area contributed by atoms with E-state index in [1.165, 1.54) is 25.7 Å². The van der Waals surface area contributed by atoms with Gasteiger partial charge in [0.1, 0.15) is 0 Å². The van der Waals surface area contributed by atoms with Gasteiger partial charge in [0, 0.05) is 45.3 Å². The molecule has 2 rings (SSSR count). The zero-order valence-corrected chi connectivity index (χ0v) is 15.1. The fraction of sp³-hybridized carbons (Fsp3) is 0.889. The number of carbonyl (C=O) groups excluding carboxylic acids is 1. The predicted octanol–water partition coefficient (Wildman–Crippen LogP) is 1.81. The SMILES string of the molecule is CCNC(=NCCCOCC1CC1)NCCC(=O)NC1CCCC1. The Bertz CT molecular complexity index is 390. The normalized spacial score (nSPS) is 18.6. The van der Waals surface area contributed by atoms with Crippen LogP contribution in [0.3, 0.4) is 0 Å². The number of nitrogens with one attached hydrogen (secondary N) is 3. The number of carbonyl (C=O) groups is 1. The van der Waals surface area contributed by atoms with Crippen LogP contribution in [0.25, 0.3) is 0 Å². The van der Waals surface area contributed by atoms with E-state index in [0.29, 0.717) is 19.0 Å². The molecule has 138 valence electrons. The maximum absolute atomic E-state index is 11.9. The third-order valence-electron chi connectivity index (χ3n) is 4.48. The largest absolute Gasteiger partial charge is 0.381 e. The van der Waals surface area contributed by atoms with Crippen LogP contribution >= 0.6 is 0 Å².